The second kappa shape index (κ2) is 3.48. The highest BCUT2D eigenvalue weighted by Crippen LogP contribution is 2.17. The van der Waals surface area contributed by atoms with Crippen LogP contribution in [-0.4, -0.2) is 59.2 Å². The van der Waals surface area contributed by atoms with E-state index in [0.29, 0.717) is 24.7 Å². The third-order valence-corrected chi connectivity index (χ3v) is 3.34. The molecular formula is C8H14N8O2+2. The molecule has 0 bridgehead atoms. The molecule has 96 valence electrons. The van der Waals surface area contributed by atoms with Crippen molar-refractivity contribution in [3.05, 3.63) is 0 Å². The number of fused-ring (bicyclic) bond motifs is 2. The third kappa shape index (κ3) is 1.22. The van der Waals surface area contributed by atoms with Crippen molar-refractivity contribution in [1.82, 2.24) is 20.4 Å². The molecule has 0 aromatic rings. The molecule has 10 nitrogen and oxygen atoms in total. The van der Waals surface area contributed by atoms with Gasteiger partial charge < -0.3 is 0 Å². The van der Waals surface area contributed by atoms with Crippen molar-refractivity contribution in [2.45, 2.75) is 24.7 Å². The summed E-state index contributed by atoms with van der Waals surface area (Å²) < 4.78 is 0. The fourth-order valence-corrected chi connectivity index (χ4v) is 2.59. The first-order valence-corrected chi connectivity index (χ1v) is 5.42. The summed E-state index contributed by atoms with van der Waals surface area (Å²) in [5.41, 5.74) is 11.3. The van der Waals surface area contributed by atoms with Gasteiger partial charge in [0, 0.05) is 0 Å². The summed E-state index contributed by atoms with van der Waals surface area (Å²) in [5.74, 6) is 0.640. The third-order valence-electron chi connectivity index (χ3n) is 3.34. The van der Waals surface area contributed by atoms with E-state index in [9.17, 15) is 9.59 Å². The zero-order chi connectivity index (χ0) is 12.9. The van der Waals surface area contributed by atoms with Crippen LogP contribution in [0.1, 0.15) is 0 Å². The minimum atomic E-state index is -0.436. The average molecular weight is 254 g/mol. The summed E-state index contributed by atoms with van der Waals surface area (Å²) in [5, 5.41) is 5.82. The lowest BCUT2D eigenvalue weighted by Gasteiger charge is -2.42. The van der Waals surface area contributed by atoms with Crippen molar-refractivity contribution in [3.8, 4) is 0 Å². The molecule has 3 aliphatic rings. The second-order valence-corrected chi connectivity index (χ2v) is 4.29. The molecule has 4 atom stereocenters. The fraction of sp³-hybridized carbons (Fsp3) is 0.500. The lowest BCUT2D eigenvalue weighted by molar-refractivity contribution is -0.593. The second-order valence-electron chi connectivity index (χ2n) is 4.29. The van der Waals surface area contributed by atoms with Crippen LogP contribution in [0, 0.1) is 0 Å². The van der Waals surface area contributed by atoms with Crippen molar-refractivity contribution >= 4 is 24.7 Å². The molecule has 0 unspecified atom stereocenters. The van der Waals surface area contributed by atoms with E-state index in [4.69, 9.17) is 11.5 Å². The minimum absolute atomic E-state index is 0.320. The molecule has 0 aromatic heterocycles. The zero-order valence-electron chi connectivity index (χ0n) is 9.33. The number of piperazine rings is 1. The van der Waals surface area contributed by atoms with Gasteiger partial charge in [-0.3, -0.25) is 51.5 Å². The largest absolute Gasteiger partial charge is 0.344 e. The first kappa shape index (κ1) is 10.6. The fourth-order valence-electron chi connectivity index (χ4n) is 2.59. The monoisotopic (exact) mass is 254 g/mol. The number of carbonyl (C=O) groups is 2. The first-order chi connectivity index (χ1) is 8.65. The van der Waals surface area contributed by atoms with Gasteiger partial charge in [-0.25, -0.2) is 0 Å². The van der Waals surface area contributed by atoms with E-state index in [0.717, 1.165) is 0 Å². The van der Waals surface area contributed by atoms with Crippen LogP contribution in [-0.2, 0) is 9.59 Å². The SMILES string of the molecule is NC1=[NH+][C@@H]2[C@H](N1)N(C=O)[C@H]1NC(N)=[NH+][C@@H]1N2C=O. The number of hydrogen-bond acceptors (Lipinski definition) is 6. The minimum Gasteiger partial charge on any atom is -0.291 e. The van der Waals surface area contributed by atoms with Crippen LogP contribution in [0.4, 0.5) is 0 Å². The molecule has 0 spiro atoms. The number of nitrogens with one attached hydrogen (secondary N) is 4. The Balaban J connectivity index is 2.01. The lowest BCUT2D eigenvalue weighted by Crippen LogP contribution is -2.95. The van der Waals surface area contributed by atoms with Gasteiger partial charge in [-0.2, -0.15) is 0 Å². The van der Waals surface area contributed by atoms with Gasteiger partial charge >= 0.3 is 11.9 Å². The Hall–Kier alpha value is -2.52. The summed E-state index contributed by atoms with van der Waals surface area (Å²) >= 11 is 0. The molecule has 0 aromatic carbocycles. The van der Waals surface area contributed by atoms with E-state index in [1.165, 1.54) is 9.80 Å². The van der Waals surface area contributed by atoms with E-state index < -0.39 is 24.7 Å². The summed E-state index contributed by atoms with van der Waals surface area (Å²) in [7, 11) is 0. The van der Waals surface area contributed by atoms with Crippen molar-refractivity contribution < 1.29 is 19.6 Å². The van der Waals surface area contributed by atoms with Crippen LogP contribution in [0.2, 0.25) is 0 Å². The molecule has 1 fully saturated rings. The summed E-state index contributed by atoms with van der Waals surface area (Å²) in [6.07, 6.45) is -0.359. The number of nitrogens with zero attached hydrogens (tertiary/aromatic N) is 2. The molecule has 3 rings (SSSR count). The molecule has 18 heavy (non-hydrogen) atoms. The Kier molecular flexibility index (Phi) is 2.06. The highest BCUT2D eigenvalue weighted by Gasteiger charge is 2.56. The standard InChI is InChI=1S/C8H12N8O2/c9-7-11-3-5(13-7)16(2-18)6-4(15(3)1-17)12-8(10)14-6/h1-6H,(H3,9,11,13)(H3,10,12,14)/p+2/t3-,4-,5-,6+/m1/s1. The van der Waals surface area contributed by atoms with E-state index in [2.05, 4.69) is 20.6 Å². The van der Waals surface area contributed by atoms with E-state index in [-0.39, 0.29) is 0 Å². The Morgan fingerprint density at radius 1 is 0.944 bits per heavy atom. The van der Waals surface area contributed by atoms with Crippen molar-refractivity contribution in [1.29, 1.82) is 0 Å². The Bertz CT molecular complexity index is 428. The number of hydrogen-bond donors (Lipinski definition) is 6. The zero-order valence-corrected chi connectivity index (χ0v) is 9.33. The number of carbonyl (C=O) groups excluding carboxylic acids is 2. The van der Waals surface area contributed by atoms with Crippen LogP contribution in [0.15, 0.2) is 0 Å². The number of guanidine groups is 2. The normalized spacial score (nSPS) is 36.9. The molecule has 2 amide bonds. The van der Waals surface area contributed by atoms with Crippen LogP contribution in [0.3, 0.4) is 0 Å². The Morgan fingerprint density at radius 3 is 1.78 bits per heavy atom. The Labute approximate surface area is 102 Å². The van der Waals surface area contributed by atoms with Crippen molar-refractivity contribution in [3.63, 3.8) is 0 Å². The number of rotatable bonds is 2. The maximum atomic E-state index is 11.2. The topological polar surface area (TPSA) is 145 Å². The van der Waals surface area contributed by atoms with E-state index in [1.807, 2.05) is 0 Å². The van der Waals surface area contributed by atoms with Gasteiger partial charge in [-0.15, -0.1) is 0 Å². The number of amides is 2. The predicted octanol–water partition coefficient (Wildman–Crippen LogP) is -7.78. The van der Waals surface area contributed by atoms with Crippen LogP contribution in [0.5, 0.6) is 0 Å². The van der Waals surface area contributed by atoms with E-state index >= 15 is 0 Å². The van der Waals surface area contributed by atoms with E-state index in [1.54, 1.807) is 0 Å². The predicted molar refractivity (Wildman–Crippen MR) is 57.5 cm³/mol. The van der Waals surface area contributed by atoms with Gasteiger partial charge in [0.1, 0.15) is 0 Å². The number of nitrogens with two attached hydrogens (primary N) is 2. The molecule has 10 heteroatoms. The van der Waals surface area contributed by atoms with Crippen LogP contribution < -0.4 is 32.1 Å². The highest BCUT2D eigenvalue weighted by atomic mass is 16.1. The van der Waals surface area contributed by atoms with Gasteiger partial charge in [-0.05, 0) is 0 Å². The lowest BCUT2D eigenvalue weighted by atomic mass is 10.1. The van der Waals surface area contributed by atoms with Crippen LogP contribution in [0.25, 0.3) is 0 Å². The van der Waals surface area contributed by atoms with Crippen LogP contribution >= 0.6 is 0 Å². The van der Waals surface area contributed by atoms with Crippen molar-refractivity contribution in [2.75, 3.05) is 0 Å². The molecule has 3 heterocycles. The quantitative estimate of drug-likeness (QED) is 0.270. The molecule has 0 radical (unpaired) electrons. The van der Waals surface area contributed by atoms with Crippen molar-refractivity contribution in [2.24, 2.45) is 11.5 Å². The Morgan fingerprint density at radius 2 is 1.39 bits per heavy atom. The molecule has 0 saturated carbocycles. The molecule has 8 N–H and O–H groups in total. The maximum absolute atomic E-state index is 11.2. The summed E-state index contributed by atoms with van der Waals surface area (Å²) in [4.78, 5) is 31.3. The van der Waals surface area contributed by atoms with Gasteiger partial charge in [0.2, 0.25) is 37.5 Å². The summed E-state index contributed by atoms with van der Waals surface area (Å²) in [6, 6.07) is 0. The van der Waals surface area contributed by atoms with Gasteiger partial charge in [0.05, 0.1) is 0 Å². The molecule has 3 aliphatic heterocycles. The van der Waals surface area contributed by atoms with Gasteiger partial charge in [-0.1, -0.05) is 0 Å². The smallest absolute Gasteiger partial charge is 0.291 e. The molecular weight excluding hydrogens is 240 g/mol. The molecule has 0 aliphatic carbocycles. The summed E-state index contributed by atoms with van der Waals surface area (Å²) in [6.45, 7) is 0. The molecule has 1 saturated heterocycles. The highest BCUT2D eigenvalue weighted by molar-refractivity contribution is 5.76. The van der Waals surface area contributed by atoms with Gasteiger partial charge in [0.25, 0.3) is 0 Å². The maximum Gasteiger partial charge on any atom is 0.344 e. The van der Waals surface area contributed by atoms with Gasteiger partial charge in [0.15, 0.2) is 0 Å². The first-order valence-electron chi connectivity index (χ1n) is 5.42. The average Bonchev–Trinajstić information content (AvgIpc) is 2.87.